The second-order valence-corrected chi connectivity index (χ2v) is 5.08. The summed E-state index contributed by atoms with van der Waals surface area (Å²) < 4.78 is 0. The smallest absolute Gasteiger partial charge is 0.0692 e. The van der Waals surface area contributed by atoms with Gasteiger partial charge in [-0.2, -0.15) is 0 Å². The molecule has 2 N–H and O–H groups in total. The van der Waals surface area contributed by atoms with Gasteiger partial charge in [-0.05, 0) is 31.8 Å². The molecule has 88 valence electrons. The maximum absolute atomic E-state index is 9.48. The number of nitrogens with zero attached hydrogens (tertiary/aromatic N) is 1. The SMILES string of the molecule is CCCC1CCN(C2C[C@H](O)CN2)CC1. The van der Waals surface area contributed by atoms with Crippen LogP contribution in [0.15, 0.2) is 0 Å². The minimum Gasteiger partial charge on any atom is -0.392 e. The first kappa shape index (κ1) is 11.4. The molecule has 0 saturated carbocycles. The van der Waals surface area contributed by atoms with Gasteiger partial charge in [-0.3, -0.25) is 10.2 Å². The van der Waals surface area contributed by atoms with Crippen molar-refractivity contribution in [1.82, 2.24) is 10.2 Å². The molecule has 2 fully saturated rings. The molecule has 2 aliphatic rings. The van der Waals surface area contributed by atoms with Gasteiger partial charge in [0.15, 0.2) is 0 Å². The third-order valence-corrected chi connectivity index (χ3v) is 3.87. The Bertz CT molecular complexity index is 190. The summed E-state index contributed by atoms with van der Waals surface area (Å²) >= 11 is 0. The van der Waals surface area contributed by atoms with E-state index in [0.717, 1.165) is 18.9 Å². The van der Waals surface area contributed by atoms with Crippen LogP contribution in [-0.2, 0) is 0 Å². The molecule has 0 aromatic heterocycles. The van der Waals surface area contributed by atoms with Crippen LogP contribution in [0, 0.1) is 5.92 Å². The topological polar surface area (TPSA) is 35.5 Å². The zero-order valence-electron chi connectivity index (χ0n) is 9.78. The highest BCUT2D eigenvalue weighted by atomic mass is 16.3. The molecule has 0 aromatic carbocycles. The van der Waals surface area contributed by atoms with Crippen LogP contribution < -0.4 is 5.32 Å². The van der Waals surface area contributed by atoms with Gasteiger partial charge in [0.1, 0.15) is 0 Å². The number of aliphatic hydroxyl groups excluding tert-OH is 1. The van der Waals surface area contributed by atoms with Gasteiger partial charge in [0.2, 0.25) is 0 Å². The van der Waals surface area contributed by atoms with Crippen LogP contribution in [0.1, 0.15) is 39.0 Å². The number of β-amino-alcohol motifs (C(OH)–C–C–N with tert-alkyl or cyclic N) is 1. The number of piperidine rings is 1. The Labute approximate surface area is 92.8 Å². The monoisotopic (exact) mass is 212 g/mol. The van der Waals surface area contributed by atoms with Crippen LogP contribution in [0.5, 0.6) is 0 Å². The molecule has 0 aromatic rings. The summed E-state index contributed by atoms with van der Waals surface area (Å²) in [5, 5.41) is 12.9. The lowest BCUT2D eigenvalue weighted by Crippen LogP contribution is -2.46. The Morgan fingerprint density at radius 3 is 2.60 bits per heavy atom. The molecular weight excluding hydrogens is 188 g/mol. The van der Waals surface area contributed by atoms with E-state index < -0.39 is 0 Å². The summed E-state index contributed by atoms with van der Waals surface area (Å²) in [5.41, 5.74) is 0. The van der Waals surface area contributed by atoms with Gasteiger partial charge in [0.25, 0.3) is 0 Å². The molecule has 0 bridgehead atoms. The Morgan fingerprint density at radius 1 is 1.33 bits per heavy atom. The molecule has 0 radical (unpaired) electrons. The van der Waals surface area contributed by atoms with Crippen molar-refractivity contribution >= 4 is 0 Å². The van der Waals surface area contributed by atoms with Crippen LogP contribution in [0.3, 0.4) is 0 Å². The van der Waals surface area contributed by atoms with E-state index in [2.05, 4.69) is 17.1 Å². The maximum Gasteiger partial charge on any atom is 0.0692 e. The standard InChI is InChI=1S/C12H24N2O/c1-2-3-10-4-6-14(7-5-10)12-8-11(15)9-13-12/h10-13,15H,2-9H2,1H3/t11-,12?/m0/s1. The molecule has 0 amide bonds. The third-order valence-electron chi connectivity index (χ3n) is 3.87. The third kappa shape index (κ3) is 2.92. The fraction of sp³-hybridized carbons (Fsp3) is 1.00. The summed E-state index contributed by atoms with van der Waals surface area (Å²) in [5.74, 6) is 0.956. The number of hydrogen-bond acceptors (Lipinski definition) is 3. The first-order valence-electron chi connectivity index (χ1n) is 6.45. The van der Waals surface area contributed by atoms with Gasteiger partial charge < -0.3 is 5.11 Å². The van der Waals surface area contributed by atoms with Crippen LogP contribution in [0.4, 0.5) is 0 Å². The second kappa shape index (κ2) is 5.28. The molecule has 0 spiro atoms. The minimum atomic E-state index is -0.122. The average molecular weight is 212 g/mol. The fourth-order valence-electron chi connectivity index (χ4n) is 2.94. The van der Waals surface area contributed by atoms with Gasteiger partial charge in [0.05, 0.1) is 12.3 Å². The molecular formula is C12H24N2O. The van der Waals surface area contributed by atoms with E-state index in [1.807, 2.05) is 0 Å². The highest BCUT2D eigenvalue weighted by molar-refractivity contribution is 4.84. The Morgan fingerprint density at radius 2 is 2.07 bits per heavy atom. The van der Waals surface area contributed by atoms with E-state index in [0.29, 0.717) is 6.17 Å². The van der Waals surface area contributed by atoms with E-state index in [9.17, 15) is 5.11 Å². The molecule has 3 heteroatoms. The molecule has 2 aliphatic heterocycles. The molecule has 1 unspecified atom stereocenters. The Balaban J connectivity index is 1.73. The van der Waals surface area contributed by atoms with Crippen molar-refractivity contribution in [2.45, 2.75) is 51.3 Å². The molecule has 2 heterocycles. The largest absolute Gasteiger partial charge is 0.392 e. The van der Waals surface area contributed by atoms with Gasteiger partial charge in [-0.25, -0.2) is 0 Å². The zero-order valence-corrected chi connectivity index (χ0v) is 9.78. The van der Waals surface area contributed by atoms with Crippen LogP contribution in [-0.4, -0.2) is 41.9 Å². The average Bonchev–Trinajstić information content (AvgIpc) is 2.67. The lowest BCUT2D eigenvalue weighted by molar-refractivity contribution is 0.107. The predicted molar refractivity (Wildman–Crippen MR) is 61.6 cm³/mol. The molecule has 0 aliphatic carbocycles. The van der Waals surface area contributed by atoms with E-state index in [1.54, 1.807) is 0 Å². The molecule has 2 rings (SSSR count). The van der Waals surface area contributed by atoms with Crippen molar-refractivity contribution in [1.29, 1.82) is 0 Å². The molecule has 15 heavy (non-hydrogen) atoms. The van der Waals surface area contributed by atoms with Gasteiger partial charge in [-0.1, -0.05) is 19.8 Å². The summed E-state index contributed by atoms with van der Waals surface area (Å²) in [6, 6.07) is 0. The quantitative estimate of drug-likeness (QED) is 0.737. The molecule has 2 atom stereocenters. The van der Waals surface area contributed by atoms with Crippen LogP contribution in [0.2, 0.25) is 0 Å². The van der Waals surface area contributed by atoms with E-state index >= 15 is 0 Å². The normalized spacial score (nSPS) is 34.8. The number of hydrogen-bond donors (Lipinski definition) is 2. The lowest BCUT2D eigenvalue weighted by Gasteiger charge is -2.35. The second-order valence-electron chi connectivity index (χ2n) is 5.08. The minimum absolute atomic E-state index is 0.122. The van der Waals surface area contributed by atoms with Gasteiger partial charge in [-0.15, -0.1) is 0 Å². The predicted octanol–water partition coefficient (Wildman–Crippen LogP) is 1.18. The highest BCUT2D eigenvalue weighted by Gasteiger charge is 2.29. The van der Waals surface area contributed by atoms with Crippen molar-refractivity contribution in [2.75, 3.05) is 19.6 Å². The van der Waals surface area contributed by atoms with Gasteiger partial charge >= 0.3 is 0 Å². The summed E-state index contributed by atoms with van der Waals surface area (Å²) in [4.78, 5) is 2.52. The maximum atomic E-state index is 9.48. The molecule has 2 saturated heterocycles. The highest BCUT2D eigenvalue weighted by Crippen LogP contribution is 2.24. The first-order valence-corrected chi connectivity index (χ1v) is 6.45. The van der Waals surface area contributed by atoms with Crippen molar-refractivity contribution in [3.63, 3.8) is 0 Å². The van der Waals surface area contributed by atoms with Crippen LogP contribution >= 0.6 is 0 Å². The summed E-state index contributed by atoms with van der Waals surface area (Å²) in [7, 11) is 0. The van der Waals surface area contributed by atoms with Crippen LogP contribution in [0.25, 0.3) is 0 Å². The van der Waals surface area contributed by atoms with E-state index in [4.69, 9.17) is 0 Å². The number of likely N-dealkylation sites (tertiary alicyclic amines) is 1. The van der Waals surface area contributed by atoms with Crippen molar-refractivity contribution in [3.05, 3.63) is 0 Å². The van der Waals surface area contributed by atoms with E-state index in [-0.39, 0.29) is 6.10 Å². The lowest BCUT2D eigenvalue weighted by atomic mass is 9.92. The number of aliphatic hydroxyl groups is 1. The Kier molecular flexibility index (Phi) is 4.00. The van der Waals surface area contributed by atoms with Crippen molar-refractivity contribution in [2.24, 2.45) is 5.92 Å². The van der Waals surface area contributed by atoms with E-state index in [1.165, 1.54) is 38.8 Å². The summed E-state index contributed by atoms with van der Waals surface area (Å²) in [6.45, 7) is 5.49. The van der Waals surface area contributed by atoms with Crippen molar-refractivity contribution < 1.29 is 5.11 Å². The zero-order chi connectivity index (χ0) is 10.7. The van der Waals surface area contributed by atoms with Crippen molar-refractivity contribution in [3.8, 4) is 0 Å². The first-order chi connectivity index (χ1) is 7.29. The number of rotatable bonds is 3. The Hall–Kier alpha value is -0.120. The number of nitrogens with one attached hydrogen (secondary N) is 1. The summed E-state index contributed by atoms with van der Waals surface area (Å²) in [6.07, 6.45) is 6.66. The van der Waals surface area contributed by atoms with Gasteiger partial charge in [0, 0.05) is 13.0 Å². The fourth-order valence-corrected chi connectivity index (χ4v) is 2.94. The molecule has 3 nitrogen and oxygen atoms in total.